The molecule has 2 aromatic heterocycles. The standard InChI is InChI=1S/C18H22F2N4O2S2/c19-13(20)8-23-4-6-24(7-5-23)15(25)10-27-9-14-21-17(26)16-11-2-1-3-12(11)28-18(16)22-14/h13H,1-10H2,(H,21,22,26). The maximum Gasteiger partial charge on any atom is 0.259 e. The van der Waals surface area contributed by atoms with E-state index in [1.165, 1.54) is 16.6 Å². The molecule has 2 aliphatic rings. The van der Waals surface area contributed by atoms with E-state index in [0.717, 1.165) is 35.0 Å². The van der Waals surface area contributed by atoms with E-state index in [1.54, 1.807) is 21.1 Å². The number of hydrogen-bond acceptors (Lipinski definition) is 6. The van der Waals surface area contributed by atoms with E-state index in [-0.39, 0.29) is 23.8 Å². The van der Waals surface area contributed by atoms with Gasteiger partial charge < -0.3 is 9.88 Å². The molecule has 4 rings (SSSR count). The second-order valence-corrected chi connectivity index (χ2v) is 9.18. The third kappa shape index (κ3) is 4.23. The number of rotatable bonds is 6. The molecule has 0 aromatic carbocycles. The Kier molecular flexibility index (Phi) is 5.98. The summed E-state index contributed by atoms with van der Waals surface area (Å²) in [5, 5.41) is 0.740. The zero-order valence-electron chi connectivity index (χ0n) is 15.4. The lowest BCUT2D eigenvalue weighted by atomic mass is 10.2. The van der Waals surface area contributed by atoms with Crippen LogP contribution in [0.4, 0.5) is 8.78 Å². The first-order valence-corrected chi connectivity index (χ1v) is 11.4. The Hall–Kier alpha value is -1.52. The van der Waals surface area contributed by atoms with Crippen LogP contribution < -0.4 is 5.56 Å². The first kappa shape index (κ1) is 19.8. The molecule has 28 heavy (non-hydrogen) atoms. The van der Waals surface area contributed by atoms with Crippen LogP contribution in [-0.2, 0) is 23.4 Å². The number of hydrogen-bond donors (Lipinski definition) is 1. The summed E-state index contributed by atoms with van der Waals surface area (Å²) in [6.07, 6.45) is 0.744. The molecule has 0 radical (unpaired) electrons. The Balaban J connectivity index is 1.29. The third-order valence-corrected chi connectivity index (χ3v) is 7.32. The summed E-state index contributed by atoms with van der Waals surface area (Å²) < 4.78 is 24.8. The average molecular weight is 429 g/mol. The summed E-state index contributed by atoms with van der Waals surface area (Å²) in [4.78, 5) is 37.7. The number of piperazine rings is 1. The summed E-state index contributed by atoms with van der Waals surface area (Å²) in [6.45, 7) is 1.69. The topological polar surface area (TPSA) is 69.3 Å². The molecule has 2 aromatic rings. The molecule has 0 bridgehead atoms. The molecule has 1 aliphatic heterocycles. The molecule has 0 spiro atoms. The van der Waals surface area contributed by atoms with Crippen molar-refractivity contribution in [3.63, 3.8) is 0 Å². The van der Waals surface area contributed by atoms with Crippen LogP contribution in [0.5, 0.6) is 0 Å². The minimum absolute atomic E-state index is 0.000206. The quantitative estimate of drug-likeness (QED) is 0.763. The number of aromatic nitrogens is 2. The van der Waals surface area contributed by atoms with Gasteiger partial charge in [-0.1, -0.05) is 0 Å². The highest BCUT2D eigenvalue weighted by Gasteiger charge is 2.23. The molecule has 0 unspecified atom stereocenters. The van der Waals surface area contributed by atoms with Gasteiger partial charge in [-0.2, -0.15) is 0 Å². The van der Waals surface area contributed by atoms with Gasteiger partial charge in [-0.15, -0.1) is 23.1 Å². The van der Waals surface area contributed by atoms with E-state index in [9.17, 15) is 18.4 Å². The van der Waals surface area contributed by atoms with E-state index >= 15 is 0 Å². The normalized spacial score (nSPS) is 17.6. The Bertz CT molecular complexity index is 922. The predicted molar refractivity (Wildman–Crippen MR) is 107 cm³/mol. The third-order valence-electron chi connectivity index (χ3n) is 5.21. The van der Waals surface area contributed by atoms with Gasteiger partial charge in [0.05, 0.1) is 23.4 Å². The van der Waals surface area contributed by atoms with E-state index < -0.39 is 6.43 Å². The largest absolute Gasteiger partial charge is 0.339 e. The van der Waals surface area contributed by atoms with Gasteiger partial charge in [0.2, 0.25) is 5.91 Å². The summed E-state index contributed by atoms with van der Waals surface area (Å²) in [7, 11) is 0. The molecular formula is C18H22F2N4O2S2. The van der Waals surface area contributed by atoms with E-state index in [1.807, 2.05) is 0 Å². The van der Waals surface area contributed by atoms with Crippen LogP contribution in [-0.4, -0.2) is 70.6 Å². The molecule has 1 saturated heterocycles. The molecule has 1 amide bonds. The van der Waals surface area contributed by atoms with Crippen molar-refractivity contribution in [3.05, 3.63) is 26.6 Å². The zero-order valence-corrected chi connectivity index (χ0v) is 17.0. The Morgan fingerprint density at radius 1 is 1.25 bits per heavy atom. The van der Waals surface area contributed by atoms with Crippen molar-refractivity contribution in [1.29, 1.82) is 0 Å². The maximum absolute atomic E-state index is 12.4. The van der Waals surface area contributed by atoms with Crippen LogP contribution in [0.15, 0.2) is 4.79 Å². The number of amides is 1. The summed E-state index contributed by atoms with van der Waals surface area (Å²) in [6, 6.07) is 0. The second-order valence-electron chi connectivity index (χ2n) is 7.12. The van der Waals surface area contributed by atoms with Crippen LogP contribution in [0.1, 0.15) is 22.7 Å². The number of carbonyl (C=O) groups is 1. The van der Waals surface area contributed by atoms with Crippen molar-refractivity contribution in [2.24, 2.45) is 0 Å². The van der Waals surface area contributed by atoms with Crippen LogP contribution >= 0.6 is 23.1 Å². The van der Waals surface area contributed by atoms with Crippen LogP contribution in [0, 0.1) is 0 Å². The number of nitrogens with one attached hydrogen (secondary N) is 1. The van der Waals surface area contributed by atoms with Crippen molar-refractivity contribution < 1.29 is 13.6 Å². The van der Waals surface area contributed by atoms with Gasteiger partial charge in [0.25, 0.3) is 12.0 Å². The predicted octanol–water partition coefficient (Wildman–Crippen LogP) is 2.12. The number of thioether (sulfide) groups is 1. The number of aryl methyl sites for hydroxylation is 2. The monoisotopic (exact) mass is 428 g/mol. The van der Waals surface area contributed by atoms with Crippen molar-refractivity contribution in [3.8, 4) is 0 Å². The lowest BCUT2D eigenvalue weighted by molar-refractivity contribution is -0.130. The SMILES string of the molecule is O=C(CSCc1nc2sc3c(c2c(=O)[nH]1)CCC3)N1CCN(CC(F)F)CC1. The Morgan fingerprint density at radius 2 is 2.04 bits per heavy atom. The fourth-order valence-corrected chi connectivity index (χ4v) is 5.89. The molecule has 1 aliphatic carbocycles. The minimum Gasteiger partial charge on any atom is -0.339 e. The molecule has 3 heterocycles. The first-order valence-electron chi connectivity index (χ1n) is 9.40. The van der Waals surface area contributed by atoms with Crippen molar-refractivity contribution in [2.75, 3.05) is 38.5 Å². The van der Waals surface area contributed by atoms with Crippen LogP contribution in [0.3, 0.4) is 0 Å². The number of fused-ring (bicyclic) bond motifs is 3. The summed E-state index contributed by atoms with van der Waals surface area (Å²) >= 11 is 3.02. The van der Waals surface area contributed by atoms with E-state index in [2.05, 4.69) is 9.97 Å². The Labute approximate surface area is 169 Å². The molecule has 6 nitrogen and oxygen atoms in total. The lowest BCUT2D eigenvalue weighted by Crippen LogP contribution is -2.50. The molecule has 1 N–H and O–H groups in total. The minimum atomic E-state index is -2.34. The highest BCUT2D eigenvalue weighted by Crippen LogP contribution is 2.34. The fraction of sp³-hybridized carbons (Fsp3) is 0.611. The zero-order chi connectivity index (χ0) is 19.7. The number of aromatic amines is 1. The second kappa shape index (κ2) is 8.46. The van der Waals surface area contributed by atoms with Gasteiger partial charge in [0.1, 0.15) is 10.7 Å². The number of nitrogens with zero attached hydrogens (tertiary/aromatic N) is 3. The fourth-order valence-electron chi connectivity index (χ4n) is 3.82. The maximum atomic E-state index is 12.4. The summed E-state index contributed by atoms with van der Waals surface area (Å²) in [5.41, 5.74) is 1.08. The summed E-state index contributed by atoms with van der Waals surface area (Å²) in [5.74, 6) is 1.35. The highest BCUT2D eigenvalue weighted by atomic mass is 32.2. The van der Waals surface area contributed by atoms with Gasteiger partial charge in [-0.25, -0.2) is 13.8 Å². The highest BCUT2D eigenvalue weighted by molar-refractivity contribution is 7.99. The Morgan fingerprint density at radius 3 is 2.79 bits per heavy atom. The molecule has 0 atom stereocenters. The van der Waals surface area contributed by atoms with Crippen LogP contribution in [0.2, 0.25) is 0 Å². The van der Waals surface area contributed by atoms with Gasteiger partial charge in [-0.05, 0) is 24.8 Å². The van der Waals surface area contributed by atoms with Crippen molar-refractivity contribution >= 4 is 39.2 Å². The first-order chi connectivity index (χ1) is 13.5. The molecule has 152 valence electrons. The number of H-pyrrole nitrogens is 1. The average Bonchev–Trinajstić information content (AvgIpc) is 3.22. The van der Waals surface area contributed by atoms with Crippen molar-refractivity contribution in [1.82, 2.24) is 19.8 Å². The number of thiophene rings is 1. The van der Waals surface area contributed by atoms with E-state index in [4.69, 9.17) is 0 Å². The van der Waals surface area contributed by atoms with Gasteiger partial charge >= 0.3 is 0 Å². The van der Waals surface area contributed by atoms with Gasteiger partial charge in [0.15, 0.2) is 0 Å². The number of carbonyl (C=O) groups excluding carboxylic acids is 1. The smallest absolute Gasteiger partial charge is 0.259 e. The van der Waals surface area contributed by atoms with Gasteiger partial charge in [0, 0.05) is 31.1 Å². The number of halogens is 2. The van der Waals surface area contributed by atoms with Crippen molar-refractivity contribution in [2.45, 2.75) is 31.4 Å². The van der Waals surface area contributed by atoms with E-state index in [0.29, 0.717) is 37.8 Å². The molecular weight excluding hydrogens is 406 g/mol. The molecule has 1 fully saturated rings. The molecule has 0 saturated carbocycles. The molecule has 10 heteroatoms. The lowest BCUT2D eigenvalue weighted by Gasteiger charge is -2.34. The number of alkyl halides is 2. The van der Waals surface area contributed by atoms with Gasteiger partial charge in [-0.3, -0.25) is 14.5 Å². The van der Waals surface area contributed by atoms with Crippen LogP contribution in [0.25, 0.3) is 10.2 Å².